The van der Waals surface area contributed by atoms with E-state index in [-0.39, 0.29) is 5.91 Å². The molecule has 6 nitrogen and oxygen atoms in total. The fraction of sp³-hybridized carbons (Fsp3) is 0.643. The van der Waals surface area contributed by atoms with Crippen LogP contribution < -0.4 is 16.0 Å². The fourth-order valence-corrected chi connectivity index (χ4v) is 1.78. The third kappa shape index (κ3) is 5.86. The third-order valence-electron chi connectivity index (χ3n) is 2.64. The quantitative estimate of drug-likeness (QED) is 0.642. The predicted octanol–water partition coefficient (Wildman–Crippen LogP) is 1.80. The monoisotopic (exact) mass is 279 g/mol. The summed E-state index contributed by atoms with van der Waals surface area (Å²) < 4.78 is 0. The van der Waals surface area contributed by atoms with Gasteiger partial charge < -0.3 is 16.0 Å². The summed E-state index contributed by atoms with van der Waals surface area (Å²) in [5.74, 6) is 2.47. The van der Waals surface area contributed by atoms with Crippen LogP contribution in [0.25, 0.3) is 0 Å². The number of carbonyl (C=O) groups is 1. The summed E-state index contributed by atoms with van der Waals surface area (Å²) >= 11 is 0. The summed E-state index contributed by atoms with van der Waals surface area (Å²) in [6, 6.07) is 1.88. The van der Waals surface area contributed by atoms with E-state index in [1.54, 1.807) is 0 Å². The molecule has 1 amide bonds. The molecule has 3 N–H and O–H groups in total. The van der Waals surface area contributed by atoms with Crippen LogP contribution in [0.4, 0.5) is 11.6 Å². The Hall–Kier alpha value is -1.85. The minimum atomic E-state index is 0.0507. The van der Waals surface area contributed by atoms with Gasteiger partial charge in [0.15, 0.2) is 0 Å². The Morgan fingerprint density at radius 3 is 2.40 bits per heavy atom. The van der Waals surface area contributed by atoms with Gasteiger partial charge in [-0.3, -0.25) is 4.79 Å². The molecule has 0 aliphatic heterocycles. The molecule has 1 aromatic heterocycles. The van der Waals surface area contributed by atoms with E-state index >= 15 is 0 Å². The van der Waals surface area contributed by atoms with Crippen molar-refractivity contribution in [3.8, 4) is 0 Å². The van der Waals surface area contributed by atoms with Crippen LogP contribution in [-0.4, -0.2) is 35.5 Å². The highest BCUT2D eigenvalue weighted by Gasteiger charge is 2.05. The molecule has 20 heavy (non-hydrogen) atoms. The van der Waals surface area contributed by atoms with Crippen molar-refractivity contribution in [2.45, 2.75) is 40.0 Å². The van der Waals surface area contributed by atoms with Gasteiger partial charge >= 0.3 is 0 Å². The zero-order valence-electron chi connectivity index (χ0n) is 12.6. The Morgan fingerprint density at radius 1 is 1.10 bits per heavy atom. The van der Waals surface area contributed by atoms with Gasteiger partial charge in [-0.05, 0) is 20.3 Å². The first-order chi connectivity index (χ1) is 9.69. The normalized spacial score (nSPS) is 10.2. The molecule has 0 bridgehead atoms. The molecule has 0 saturated heterocycles. The lowest BCUT2D eigenvalue weighted by Gasteiger charge is -2.10. The molecule has 0 unspecified atom stereocenters. The highest BCUT2D eigenvalue weighted by atomic mass is 16.1. The van der Waals surface area contributed by atoms with E-state index in [4.69, 9.17) is 0 Å². The van der Waals surface area contributed by atoms with Crippen LogP contribution in [0.5, 0.6) is 0 Å². The van der Waals surface area contributed by atoms with Crippen LogP contribution in [-0.2, 0) is 11.2 Å². The van der Waals surface area contributed by atoms with Crippen molar-refractivity contribution in [2.24, 2.45) is 0 Å². The lowest BCUT2D eigenvalue weighted by atomic mass is 10.3. The SMILES string of the molecule is CCCc1nc(NCC)cc(NCCC(=O)NCC)n1. The largest absolute Gasteiger partial charge is 0.370 e. The van der Waals surface area contributed by atoms with E-state index in [2.05, 4.69) is 32.8 Å². The number of carbonyl (C=O) groups excluding carboxylic acids is 1. The highest BCUT2D eigenvalue weighted by molar-refractivity contribution is 5.76. The van der Waals surface area contributed by atoms with E-state index in [9.17, 15) is 4.79 Å². The van der Waals surface area contributed by atoms with Crippen molar-refractivity contribution >= 4 is 17.5 Å². The molecule has 0 aliphatic rings. The molecule has 0 spiro atoms. The lowest BCUT2D eigenvalue weighted by Crippen LogP contribution is -2.25. The van der Waals surface area contributed by atoms with Gasteiger partial charge in [-0.15, -0.1) is 0 Å². The van der Waals surface area contributed by atoms with E-state index in [0.29, 0.717) is 19.5 Å². The maximum absolute atomic E-state index is 11.4. The maximum atomic E-state index is 11.4. The van der Waals surface area contributed by atoms with Crippen molar-refractivity contribution in [1.82, 2.24) is 15.3 Å². The van der Waals surface area contributed by atoms with Crippen molar-refractivity contribution in [1.29, 1.82) is 0 Å². The third-order valence-corrected chi connectivity index (χ3v) is 2.64. The van der Waals surface area contributed by atoms with E-state index in [0.717, 1.165) is 36.8 Å². The fourth-order valence-electron chi connectivity index (χ4n) is 1.78. The first-order valence-electron chi connectivity index (χ1n) is 7.31. The Labute approximate surface area is 120 Å². The zero-order chi connectivity index (χ0) is 14.8. The maximum Gasteiger partial charge on any atom is 0.221 e. The number of aromatic nitrogens is 2. The summed E-state index contributed by atoms with van der Waals surface area (Å²) in [5.41, 5.74) is 0. The smallest absolute Gasteiger partial charge is 0.221 e. The summed E-state index contributed by atoms with van der Waals surface area (Å²) in [7, 11) is 0. The lowest BCUT2D eigenvalue weighted by molar-refractivity contribution is -0.120. The second-order valence-electron chi connectivity index (χ2n) is 4.47. The average Bonchev–Trinajstić information content (AvgIpc) is 2.39. The number of rotatable bonds is 9. The van der Waals surface area contributed by atoms with Crippen LogP contribution in [0, 0.1) is 0 Å². The molecule has 0 aromatic carbocycles. The van der Waals surface area contributed by atoms with Gasteiger partial charge in [0.05, 0.1) is 0 Å². The Kier molecular flexibility index (Phi) is 7.39. The highest BCUT2D eigenvalue weighted by Crippen LogP contribution is 2.12. The number of hydrogen-bond donors (Lipinski definition) is 3. The number of amides is 1. The second-order valence-corrected chi connectivity index (χ2v) is 4.47. The van der Waals surface area contributed by atoms with Crippen LogP contribution in [0.3, 0.4) is 0 Å². The Balaban J connectivity index is 2.60. The van der Waals surface area contributed by atoms with Gasteiger partial charge in [0.1, 0.15) is 17.5 Å². The van der Waals surface area contributed by atoms with Crippen LogP contribution in [0.15, 0.2) is 6.07 Å². The molecule has 1 heterocycles. The molecule has 0 fully saturated rings. The van der Waals surface area contributed by atoms with Crippen molar-refractivity contribution < 1.29 is 4.79 Å². The number of aryl methyl sites for hydroxylation is 1. The predicted molar refractivity (Wildman–Crippen MR) is 82.0 cm³/mol. The van der Waals surface area contributed by atoms with Crippen LogP contribution >= 0.6 is 0 Å². The van der Waals surface area contributed by atoms with E-state index in [1.165, 1.54) is 0 Å². The molecule has 0 atom stereocenters. The summed E-state index contributed by atoms with van der Waals surface area (Å²) in [6.45, 7) is 8.10. The minimum absolute atomic E-state index is 0.0507. The van der Waals surface area contributed by atoms with Gasteiger partial charge in [0, 0.05) is 38.5 Å². The molecule has 112 valence electrons. The van der Waals surface area contributed by atoms with Crippen LogP contribution in [0.1, 0.15) is 39.4 Å². The van der Waals surface area contributed by atoms with Crippen molar-refractivity contribution in [2.75, 3.05) is 30.3 Å². The number of hydrogen-bond acceptors (Lipinski definition) is 5. The van der Waals surface area contributed by atoms with E-state index in [1.807, 2.05) is 19.9 Å². The number of nitrogens with one attached hydrogen (secondary N) is 3. The molecule has 0 aliphatic carbocycles. The van der Waals surface area contributed by atoms with Crippen molar-refractivity contribution in [3.63, 3.8) is 0 Å². The minimum Gasteiger partial charge on any atom is -0.370 e. The average molecular weight is 279 g/mol. The molecular weight excluding hydrogens is 254 g/mol. The standard InChI is InChI=1S/C14H25N5O/c1-4-7-11-18-12(15-5-2)10-13(19-11)17-9-8-14(20)16-6-3/h10H,4-9H2,1-3H3,(H,16,20)(H2,15,17,18,19). The molecule has 0 radical (unpaired) electrons. The first-order valence-corrected chi connectivity index (χ1v) is 7.31. The van der Waals surface area contributed by atoms with Gasteiger partial charge in [-0.2, -0.15) is 0 Å². The van der Waals surface area contributed by atoms with Crippen LogP contribution in [0.2, 0.25) is 0 Å². The first kappa shape index (κ1) is 16.2. The molecule has 6 heteroatoms. The summed E-state index contributed by atoms with van der Waals surface area (Å²) in [5, 5.41) is 9.15. The molecule has 1 rings (SSSR count). The van der Waals surface area contributed by atoms with Gasteiger partial charge in [-0.25, -0.2) is 9.97 Å². The Morgan fingerprint density at radius 2 is 1.80 bits per heavy atom. The second kappa shape index (κ2) is 9.12. The van der Waals surface area contributed by atoms with Gasteiger partial charge in [-0.1, -0.05) is 6.92 Å². The van der Waals surface area contributed by atoms with Gasteiger partial charge in [0.25, 0.3) is 0 Å². The van der Waals surface area contributed by atoms with Gasteiger partial charge in [0.2, 0.25) is 5.91 Å². The van der Waals surface area contributed by atoms with E-state index < -0.39 is 0 Å². The number of nitrogens with zero attached hydrogens (tertiary/aromatic N) is 2. The van der Waals surface area contributed by atoms with Crippen molar-refractivity contribution in [3.05, 3.63) is 11.9 Å². The molecule has 1 aromatic rings. The molecule has 0 saturated carbocycles. The summed E-state index contributed by atoms with van der Waals surface area (Å²) in [6.07, 6.45) is 2.30. The molecular formula is C14H25N5O. The Bertz CT molecular complexity index is 398. The zero-order valence-corrected chi connectivity index (χ0v) is 12.6. The number of anilines is 2. The topological polar surface area (TPSA) is 78.9 Å². The summed E-state index contributed by atoms with van der Waals surface area (Å²) in [4.78, 5) is 20.3.